The number of hydrogen-bond acceptors (Lipinski definition) is 4. The SMILES string of the molecule is NC(=O)c1cc2ccccc2nc1NCCCNC1CC1. The van der Waals surface area contributed by atoms with Crippen LogP contribution < -0.4 is 16.4 Å². The highest BCUT2D eigenvalue weighted by Gasteiger charge is 2.19. The number of carbonyl (C=O) groups is 1. The van der Waals surface area contributed by atoms with Crippen molar-refractivity contribution in [3.63, 3.8) is 0 Å². The Morgan fingerprint density at radius 3 is 2.86 bits per heavy atom. The van der Waals surface area contributed by atoms with Crippen LogP contribution in [-0.4, -0.2) is 30.0 Å². The average Bonchev–Trinajstić information content (AvgIpc) is 3.30. The van der Waals surface area contributed by atoms with Crippen molar-refractivity contribution in [1.29, 1.82) is 0 Å². The lowest BCUT2D eigenvalue weighted by atomic mass is 10.1. The Bertz CT molecular complexity index is 652. The molecule has 110 valence electrons. The van der Waals surface area contributed by atoms with E-state index in [1.54, 1.807) is 6.07 Å². The van der Waals surface area contributed by atoms with Gasteiger partial charge in [-0.1, -0.05) is 18.2 Å². The number of amides is 1. The fourth-order valence-electron chi connectivity index (χ4n) is 2.33. The van der Waals surface area contributed by atoms with Gasteiger partial charge in [0.2, 0.25) is 0 Å². The Hall–Kier alpha value is -2.14. The summed E-state index contributed by atoms with van der Waals surface area (Å²) in [5.74, 6) is 0.125. The van der Waals surface area contributed by atoms with Crippen LogP contribution in [0.5, 0.6) is 0 Å². The van der Waals surface area contributed by atoms with Crippen molar-refractivity contribution >= 4 is 22.6 Å². The van der Waals surface area contributed by atoms with Crippen LogP contribution in [0.15, 0.2) is 30.3 Å². The quantitative estimate of drug-likeness (QED) is 0.678. The molecule has 0 spiro atoms. The van der Waals surface area contributed by atoms with E-state index in [9.17, 15) is 4.79 Å². The number of rotatable bonds is 7. The molecule has 0 radical (unpaired) electrons. The molecular formula is C16H20N4O. The van der Waals surface area contributed by atoms with Gasteiger partial charge in [-0.05, 0) is 37.9 Å². The van der Waals surface area contributed by atoms with Gasteiger partial charge in [-0.2, -0.15) is 0 Å². The molecule has 4 N–H and O–H groups in total. The molecule has 3 rings (SSSR count). The molecule has 0 bridgehead atoms. The number of nitrogens with two attached hydrogens (primary N) is 1. The van der Waals surface area contributed by atoms with E-state index in [4.69, 9.17) is 5.73 Å². The first-order valence-electron chi connectivity index (χ1n) is 7.41. The van der Waals surface area contributed by atoms with Crippen LogP contribution in [-0.2, 0) is 0 Å². The first-order valence-corrected chi connectivity index (χ1v) is 7.41. The van der Waals surface area contributed by atoms with E-state index in [0.29, 0.717) is 11.4 Å². The van der Waals surface area contributed by atoms with E-state index in [1.165, 1.54) is 12.8 Å². The molecule has 0 atom stereocenters. The second-order valence-corrected chi connectivity index (χ2v) is 5.45. The number of pyridine rings is 1. The molecule has 1 amide bonds. The maximum atomic E-state index is 11.6. The third-order valence-electron chi connectivity index (χ3n) is 3.65. The standard InChI is InChI=1S/C16H20N4O/c17-15(21)13-10-11-4-1-2-5-14(11)20-16(13)19-9-3-8-18-12-6-7-12/h1-2,4-5,10,12,18H,3,6-9H2,(H2,17,21)(H,19,20). The number of fused-ring (bicyclic) bond motifs is 1. The first kappa shape index (κ1) is 13.8. The summed E-state index contributed by atoms with van der Waals surface area (Å²) in [6, 6.07) is 10.2. The normalized spacial score (nSPS) is 14.3. The summed E-state index contributed by atoms with van der Waals surface area (Å²) in [7, 11) is 0. The predicted molar refractivity (Wildman–Crippen MR) is 84.4 cm³/mol. The number of aromatic nitrogens is 1. The monoisotopic (exact) mass is 284 g/mol. The number of benzene rings is 1. The number of carbonyl (C=O) groups excluding carboxylic acids is 1. The zero-order chi connectivity index (χ0) is 14.7. The minimum atomic E-state index is -0.452. The lowest BCUT2D eigenvalue weighted by Gasteiger charge is -2.11. The predicted octanol–water partition coefficient (Wildman–Crippen LogP) is 1.89. The van der Waals surface area contributed by atoms with Gasteiger partial charge >= 0.3 is 0 Å². The van der Waals surface area contributed by atoms with Gasteiger partial charge in [-0.15, -0.1) is 0 Å². The second kappa shape index (κ2) is 6.10. The first-order chi connectivity index (χ1) is 10.2. The fourth-order valence-corrected chi connectivity index (χ4v) is 2.33. The third-order valence-corrected chi connectivity index (χ3v) is 3.65. The Balaban J connectivity index is 1.69. The molecule has 0 unspecified atom stereocenters. The van der Waals surface area contributed by atoms with Crippen LogP contribution in [0.25, 0.3) is 10.9 Å². The zero-order valence-electron chi connectivity index (χ0n) is 11.9. The number of anilines is 1. The highest BCUT2D eigenvalue weighted by atomic mass is 16.1. The summed E-state index contributed by atoms with van der Waals surface area (Å²) in [6.45, 7) is 1.75. The number of primary amides is 1. The van der Waals surface area contributed by atoms with E-state index in [2.05, 4.69) is 15.6 Å². The van der Waals surface area contributed by atoms with Crippen LogP contribution in [0.1, 0.15) is 29.6 Å². The fraction of sp³-hybridized carbons (Fsp3) is 0.375. The van der Waals surface area contributed by atoms with E-state index in [-0.39, 0.29) is 0 Å². The molecule has 1 heterocycles. The Morgan fingerprint density at radius 2 is 2.10 bits per heavy atom. The van der Waals surface area contributed by atoms with Crippen molar-refractivity contribution < 1.29 is 4.79 Å². The molecular weight excluding hydrogens is 264 g/mol. The van der Waals surface area contributed by atoms with Crippen LogP contribution in [0, 0.1) is 0 Å². The summed E-state index contributed by atoms with van der Waals surface area (Å²) in [6.07, 6.45) is 3.58. The topological polar surface area (TPSA) is 80.0 Å². The van der Waals surface area contributed by atoms with Gasteiger partial charge in [0.05, 0.1) is 11.1 Å². The Kier molecular flexibility index (Phi) is 4.01. The lowest BCUT2D eigenvalue weighted by Crippen LogP contribution is -2.21. The molecule has 1 aromatic heterocycles. The van der Waals surface area contributed by atoms with E-state index in [1.807, 2.05) is 24.3 Å². The molecule has 5 nitrogen and oxygen atoms in total. The van der Waals surface area contributed by atoms with Gasteiger partial charge in [-0.25, -0.2) is 4.98 Å². The molecule has 1 saturated carbocycles. The molecule has 1 fully saturated rings. The highest BCUT2D eigenvalue weighted by Crippen LogP contribution is 2.20. The van der Waals surface area contributed by atoms with E-state index >= 15 is 0 Å². The van der Waals surface area contributed by atoms with Crippen molar-refractivity contribution in [3.8, 4) is 0 Å². The molecule has 1 aliphatic rings. The van der Waals surface area contributed by atoms with Gasteiger partial charge < -0.3 is 16.4 Å². The van der Waals surface area contributed by atoms with Crippen LogP contribution in [0.2, 0.25) is 0 Å². The highest BCUT2D eigenvalue weighted by molar-refractivity contribution is 6.01. The minimum absolute atomic E-state index is 0.448. The van der Waals surface area contributed by atoms with Crippen molar-refractivity contribution in [3.05, 3.63) is 35.9 Å². The van der Waals surface area contributed by atoms with Gasteiger partial charge in [0.25, 0.3) is 5.91 Å². The molecule has 0 saturated heterocycles. The smallest absolute Gasteiger partial charge is 0.252 e. The molecule has 1 aromatic carbocycles. The molecule has 1 aliphatic carbocycles. The third kappa shape index (κ3) is 3.49. The summed E-state index contributed by atoms with van der Waals surface area (Å²) in [4.78, 5) is 16.1. The van der Waals surface area contributed by atoms with Crippen molar-refractivity contribution in [2.24, 2.45) is 5.73 Å². The van der Waals surface area contributed by atoms with Crippen LogP contribution >= 0.6 is 0 Å². The average molecular weight is 284 g/mol. The summed E-state index contributed by atoms with van der Waals surface area (Å²) in [5, 5.41) is 7.61. The molecule has 0 aliphatic heterocycles. The van der Waals surface area contributed by atoms with E-state index < -0.39 is 5.91 Å². The van der Waals surface area contributed by atoms with E-state index in [0.717, 1.165) is 36.5 Å². The maximum Gasteiger partial charge on any atom is 0.252 e. The molecule has 2 aromatic rings. The largest absolute Gasteiger partial charge is 0.369 e. The van der Waals surface area contributed by atoms with Gasteiger partial charge in [0.1, 0.15) is 5.82 Å². The zero-order valence-corrected chi connectivity index (χ0v) is 11.9. The molecule has 5 heteroatoms. The van der Waals surface area contributed by atoms with Crippen LogP contribution in [0.3, 0.4) is 0 Å². The van der Waals surface area contributed by atoms with Gasteiger partial charge in [0.15, 0.2) is 0 Å². The number of para-hydroxylation sites is 1. The minimum Gasteiger partial charge on any atom is -0.369 e. The Labute approximate surface area is 123 Å². The van der Waals surface area contributed by atoms with Crippen molar-refractivity contribution in [2.75, 3.05) is 18.4 Å². The summed E-state index contributed by atoms with van der Waals surface area (Å²) in [5.41, 5.74) is 6.76. The van der Waals surface area contributed by atoms with Crippen LogP contribution in [0.4, 0.5) is 5.82 Å². The Morgan fingerprint density at radius 1 is 1.29 bits per heavy atom. The maximum absolute atomic E-state index is 11.6. The van der Waals surface area contributed by atoms with Crippen molar-refractivity contribution in [2.45, 2.75) is 25.3 Å². The summed E-state index contributed by atoms with van der Waals surface area (Å²) < 4.78 is 0. The van der Waals surface area contributed by atoms with Crippen molar-refractivity contribution in [1.82, 2.24) is 10.3 Å². The van der Waals surface area contributed by atoms with Gasteiger partial charge in [0, 0.05) is 18.0 Å². The molecule has 21 heavy (non-hydrogen) atoms. The number of nitrogens with one attached hydrogen (secondary N) is 2. The van der Waals surface area contributed by atoms with Gasteiger partial charge in [-0.3, -0.25) is 4.79 Å². The second-order valence-electron chi connectivity index (χ2n) is 5.45. The summed E-state index contributed by atoms with van der Waals surface area (Å²) >= 11 is 0. The number of nitrogens with zero attached hydrogens (tertiary/aromatic N) is 1. The lowest BCUT2D eigenvalue weighted by molar-refractivity contribution is 0.100. The number of hydrogen-bond donors (Lipinski definition) is 3.